The van der Waals surface area contributed by atoms with Gasteiger partial charge in [0.05, 0.1) is 23.4 Å². The van der Waals surface area contributed by atoms with Crippen molar-refractivity contribution in [3.05, 3.63) is 125 Å². The lowest BCUT2D eigenvalue weighted by atomic mass is 9.98. The average molecular weight is 527 g/mol. The van der Waals surface area contributed by atoms with Crippen molar-refractivity contribution in [2.45, 2.75) is 12.6 Å². The van der Waals surface area contributed by atoms with Crippen LogP contribution in [0.3, 0.4) is 0 Å². The van der Waals surface area contributed by atoms with Gasteiger partial charge in [0, 0.05) is 17.4 Å². The van der Waals surface area contributed by atoms with Crippen molar-refractivity contribution in [3.63, 3.8) is 0 Å². The van der Waals surface area contributed by atoms with Crippen molar-refractivity contribution in [3.8, 4) is 11.5 Å². The summed E-state index contributed by atoms with van der Waals surface area (Å²) in [7, 11) is 1.45. The number of Topliss-reactive ketones (excluding diaryl/α,β-unsaturated/α-hetero) is 1. The van der Waals surface area contributed by atoms with Crippen LogP contribution in [0, 0.1) is 0 Å². The topological polar surface area (TPSA) is 89.0 Å². The second kappa shape index (κ2) is 10.8. The Morgan fingerprint density at radius 3 is 2.39 bits per heavy atom. The van der Waals surface area contributed by atoms with Gasteiger partial charge in [-0.3, -0.25) is 19.5 Å². The van der Waals surface area contributed by atoms with Crippen molar-refractivity contribution in [1.29, 1.82) is 0 Å². The minimum absolute atomic E-state index is 0.0810. The van der Waals surface area contributed by atoms with E-state index in [2.05, 4.69) is 4.98 Å². The summed E-state index contributed by atoms with van der Waals surface area (Å²) in [6.07, 6.45) is 1.57. The summed E-state index contributed by atoms with van der Waals surface area (Å²) in [5.74, 6) is -1.01. The van der Waals surface area contributed by atoms with Gasteiger partial charge in [-0.15, -0.1) is 0 Å². The molecule has 1 unspecified atom stereocenters. The molecule has 1 aliphatic heterocycles. The molecule has 38 heavy (non-hydrogen) atoms. The number of aliphatic hydroxyl groups excluding tert-OH is 1. The van der Waals surface area contributed by atoms with Gasteiger partial charge in [0.25, 0.3) is 11.7 Å². The van der Waals surface area contributed by atoms with Crippen LogP contribution in [0.2, 0.25) is 5.02 Å². The normalized spacial score (nSPS) is 16.5. The van der Waals surface area contributed by atoms with Crippen LogP contribution in [0.1, 0.15) is 22.9 Å². The highest BCUT2D eigenvalue weighted by Crippen LogP contribution is 2.42. The van der Waals surface area contributed by atoms with Gasteiger partial charge in [0.1, 0.15) is 29.9 Å². The van der Waals surface area contributed by atoms with Crippen LogP contribution < -0.4 is 14.4 Å². The number of carbonyl (C=O) groups excluding carboxylic acids is 2. The highest BCUT2D eigenvalue weighted by Gasteiger charge is 2.47. The number of aliphatic hydroxyl groups is 1. The SMILES string of the molecule is COc1cc(/C(O)=C2/C(=O)C(=O)N(c3ccc(OCc4ccccc4)cc3)C2c2ccccn2)ccc1Cl. The lowest BCUT2D eigenvalue weighted by Gasteiger charge is -2.24. The van der Waals surface area contributed by atoms with E-state index >= 15 is 0 Å². The van der Waals surface area contributed by atoms with Gasteiger partial charge in [-0.25, -0.2) is 0 Å². The number of ketones is 1. The van der Waals surface area contributed by atoms with Crippen molar-refractivity contribution in [2.75, 3.05) is 12.0 Å². The summed E-state index contributed by atoms with van der Waals surface area (Å²) in [4.78, 5) is 32.4. The number of halogens is 1. The van der Waals surface area contributed by atoms with Crippen LogP contribution in [-0.4, -0.2) is 28.9 Å². The van der Waals surface area contributed by atoms with Gasteiger partial charge in [0.15, 0.2) is 0 Å². The van der Waals surface area contributed by atoms with E-state index in [0.29, 0.717) is 34.5 Å². The second-order valence-corrected chi connectivity index (χ2v) is 8.95. The van der Waals surface area contributed by atoms with E-state index in [1.807, 2.05) is 30.3 Å². The molecule has 1 amide bonds. The van der Waals surface area contributed by atoms with E-state index in [1.54, 1.807) is 60.8 Å². The molecule has 4 aromatic rings. The Morgan fingerprint density at radius 2 is 1.71 bits per heavy atom. The highest BCUT2D eigenvalue weighted by atomic mass is 35.5. The Hall–Kier alpha value is -4.62. The highest BCUT2D eigenvalue weighted by molar-refractivity contribution is 6.51. The van der Waals surface area contributed by atoms with E-state index in [-0.39, 0.29) is 16.9 Å². The van der Waals surface area contributed by atoms with Crippen LogP contribution in [0.4, 0.5) is 5.69 Å². The number of benzene rings is 3. The summed E-state index contributed by atoms with van der Waals surface area (Å²) in [5, 5.41) is 11.6. The lowest BCUT2D eigenvalue weighted by Crippen LogP contribution is -2.29. The molecular weight excluding hydrogens is 504 g/mol. The zero-order chi connectivity index (χ0) is 26.6. The number of nitrogens with zero attached hydrogens (tertiary/aromatic N) is 2. The van der Waals surface area contributed by atoms with Gasteiger partial charge in [-0.1, -0.05) is 48.0 Å². The Labute approximate surface area is 224 Å². The van der Waals surface area contributed by atoms with Gasteiger partial charge in [-0.05, 0) is 60.2 Å². The molecule has 1 N–H and O–H groups in total. The fourth-order valence-electron chi connectivity index (χ4n) is 4.32. The molecule has 3 aromatic carbocycles. The first-order valence-corrected chi connectivity index (χ1v) is 12.2. The summed E-state index contributed by atoms with van der Waals surface area (Å²) >= 11 is 6.14. The maximum absolute atomic E-state index is 13.3. The van der Waals surface area contributed by atoms with Crippen molar-refractivity contribution < 1.29 is 24.2 Å². The van der Waals surface area contributed by atoms with Crippen LogP contribution >= 0.6 is 11.6 Å². The molecule has 8 heteroatoms. The number of amides is 1. The number of anilines is 1. The molecule has 0 spiro atoms. The number of hydrogen-bond donors (Lipinski definition) is 1. The minimum atomic E-state index is -0.950. The maximum atomic E-state index is 13.3. The smallest absolute Gasteiger partial charge is 0.300 e. The molecule has 0 bridgehead atoms. The molecule has 1 fully saturated rings. The van der Waals surface area contributed by atoms with E-state index in [0.717, 1.165) is 5.56 Å². The Kier molecular flexibility index (Phi) is 7.11. The average Bonchev–Trinajstić information content (AvgIpc) is 3.23. The van der Waals surface area contributed by atoms with Gasteiger partial charge in [0.2, 0.25) is 0 Å². The molecular formula is C30H23ClN2O5. The van der Waals surface area contributed by atoms with Crippen molar-refractivity contribution >= 4 is 34.7 Å². The Bertz CT molecular complexity index is 1510. The summed E-state index contributed by atoms with van der Waals surface area (Å²) in [6.45, 7) is 0.392. The zero-order valence-corrected chi connectivity index (χ0v) is 21.1. The van der Waals surface area contributed by atoms with Crippen LogP contribution in [0.5, 0.6) is 11.5 Å². The molecule has 1 saturated heterocycles. The minimum Gasteiger partial charge on any atom is -0.507 e. The molecule has 1 aliphatic rings. The third kappa shape index (κ3) is 4.84. The number of methoxy groups -OCH3 is 1. The first-order chi connectivity index (χ1) is 18.5. The van der Waals surface area contributed by atoms with E-state index in [1.165, 1.54) is 18.1 Å². The standard InChI is InChI=1S/C30H23ClN2O5/c1-37-25-17-20(10-15-23(25)31)28(34)26-27(24-9-5-6-16-32-24)33(30(36)29(26)35)21-11-13-22(14-12-21)38-18-19-7-3-2-4-8-19/h2-17,27,34H,18H2,1H3/b28-26-. The molecule has 7 nitrogen and oxygen atoms in total. The lowest BCUT2D eigenvalue weighted by molar-refractivity contribution is -0.132. The van der Waals surface area contributed by atoms with Gasteiger partial charge in [-0.2, -0.15) is 0 Å². The Morgan fingerprint density at radius 1 is 0.974 bits per heavy atom. The second-order valence-electron chi connectivity index (χ2n) is 8.54. The summed E-state index contributed by atoms with van der Waals surface area (Å²) in [6, 6.07) is 25.5. The molecule has 190 valence electrons. The maximum Gasteiger partial charge on any atom is 0.300 e. The van der Waals surface area contributed by atoms with Crippen LogP contribution in [0.25, 0.3) is 5.76 Å². The van der Waals surface area contributed by atoms with E-state index in [9.17, 15) is 14.7 Å². The van der Waals surface area contributed by atoms with Crippen molar-refractivity contribution in [1.82, 2.24) is 4.98 Å². The number of carbonyl (C=O) groups is 2. The van der Waals surface area contributed by atoms with E-state index < -0.39 is 17.7 Å². The monoisotopic (exact) mass is 526 g/mol. The fraction of sp³-hybridized carbons (Fsp3) is 0.100. The summed E-state index contributed by atoms with van der Waals surface area (Å²) in [5.41, 5.74) is 2.12. The van der Waals surface area contributed by atoms with Crippen molar-refractivity contribution in [2.24, 2.45) is 0 Å². The van der Waals surface area contributed by atoms with Crippen LogP contribution in [-0.2, 0) is 16.2 Å². The first-order valence-electron chi connectivity index (χ1n) is 11.8. The molecule has 2 heterocycles. The molecule has 0 radical (unpaired) electrons. The summed E-state index contributed by atoms with van der Waals surface area (Å²) < 4.78 is 11.1. The van der Waals surface area contributed by atoms with Crippen LogP contribution in [0.15, 0.2) is 103 Å². The fourth-order valence-corrected chi connectivity index (χ4v) is 4.52. The quantitative estimate of drug-likeness (QED) is 0.182. The Balaban J connectivity index is 1.53. The van der Waals surface area contributed by atoms with E-state index in [4.69, 9.17) is 21.1 Å². The number of rotatable bonds is 7. The first kappa shape index (κ1) is 25.0. The third-order valence-corrected chi connectivity index (χ3v) is 6.51. The number of aromatic nitrogens is 1. The largest absolute Gasteiger partial charge is 0.507 e. The molecule has 0 aliphatic carbocycles. The molecule has 5 rings (SSSR count). The number of pyridine rings is 1. The van der Waals surface area contributed by atoms with Gasteiger partial charge < -0.3 is 14.6 Å². The molecule has 1 atom stereocenters. The molecule has 1 aromatic heterocycles. The van der Waals surface area contributed by atoms with Gasteiger partial charge >= 0.3 is 0 Å². The molecule has 0 saturated carbocycles. The number of ether oxygens (including phenoxy) is 2. The number of hydrogen-bond acceptors (Lipinski definition) is 6. The zero-order valence-electron chi connectivity index (χ0n) is 20.4. The predicted octanol–water partition coefficient (Wildman–Crippen LogP) is 5.95. The third-order valence-electron chi connectivity index (χ3n) is 6.20. The predicted molar refractivity (Wildman–Crippen MR) is 144 cm³/mol.